The minimum atomic E-state index is -1.47. The molecule has 3 heterocycles. The number of fused-ring (bicyclic) bond motifs is 3. The van der Waals surface area contributed by atoms with Gasteiger partial charge in [0.2, 0.25) is 5.96 Å². The minimum Gasteiger partial charge on any atom is -0.479 e. The summed E-state index contributed by atoms with van der Waals surface area (Å²) in [4.78, 5) is 24.6. The Balaban J connectivity index is 1.66. The van der Waals surface area contributed by atoms with E-state index in [0.29, 0.717) is 69.5 Å². The van der Waals surface area contributed by atoms with Gasteiger partial charge in [-0.1, -0.05) is 38.6 Å². The van der Waals surface area contributed by atoms with Gasteiger partial charge in [0.05, 0.1) is 24.6 Å². The number of anilines is 2. The zero-order valence-corrected chi connectivity index (χ0v) is 26.5. The normalized spacial score (nSPS) is 27.0. The van der Waals surface area contributed by atoms with Gasteiger partial charge in [0.25, 0.3) is 5.91 Å². The number of allylic oxidation sites excluding steroid dienone is 4. The third-order valence-electron chi connectivity index (χ3n) is 8.39. The molecule has 0 aliphatic carbocycles. The monoisotopic (exact) mass is 593 g/mol. The molecule has 1 amide bonds. The van der Waals surface area contributed by atoms with Gasteiger partial charge in [-0.05, 0) is 74.3 Å². The van der Waals surface area contributed by atoms with Crippen LogP contribution < -0.4 is 10.2 Å². The van der Waals surface area contributed by atoms with Crippen molar-refractivity contribution in [3.63, 3.8) is 0 Å². The Morgan fingerprint density at radius 1 is 1.30 bits per heavy atom. The number of piperidine rings is 1. The molecule has 1 fully saturated rings. The summed E-state index contributed by atoms with van der Waals surface area (Å²) in [6, 6.07) is 6.26. The first-order valence-electron chi connectivity index (χ1n) is 15.5. The van der Waals surface area contributed by atoms with Gasteiger partial charge in [0, 0.05) is 51.4 Å². The third-order valence-corrected chi connectivity index (χ3v) is 8.39. The number of carbonyl (C=O) groups is 1. The largest absolute Gasteiger partial charge is 0.479 e. The number of nitrogens with zero attached hydrogens (tertiary/aromatic N) is 4. The van der Waals surface area contributed by atoms with E-state index in [-0.39, 0.29) is 5.91 Å². The molecule has 3 aliphatic rings. The summed E-state index contributed by atoms with van der Waals surface area (Å²) in [7, 11) is 3.90. The fraction of sp³-hybridized carbons (Fsp3) is 0.529. The highest BCUT2D eigenvalue weighted by atomic mass is 19.1. The topological polar surface area (TPSA) is 80.6 Å². The zero-order valence-electron chi connectivity index (χ0n) is 26.5. The number of aliphatic hydroxyl groups is 1. The lowest BCUT2D eigenvalue weighted by Crippen LogP contribution is -2.43. The highest BCUT2D eigenvalue weighted by Crippen LogP contribution is 2.36. The van der Waals surface area contributed by atoms with Crippen molar-refractivity contribution in [1.29, 1.82) is 0 Å². The summed E-state index contributed by atoms with van der Waals surface area (Å²) in [5.74, 6) is 1.25. The number of carbonyl (C=O) groups excluding carboxylic acids is 1. The quantitative estimate of drug-likeness (QED) is 0.405. The van der Waals surface area contributed by atoms with E-state index < -0.39 is 12.3 Å². The predicted octanol–water partition coefficient (Wildman–Crippen LogP) is 5.79. The number of amides is 1. The Morgan fingerprint density at radius 2 is 2.05 bits per heavy atom. The van der Waals surface area contributed by atoms with Crippen molar-refractivity contribution in [3.8, 4) is 0 Å². The Bertz CT molecular complexity index is 1310. The lowest BCUT2D eigenvalue weighted by molar-refractivity contribution is -0.114. The number of aliphatic imine (C=N–C) groups is 1. The van der Waals surface area contributed by atoms with Gasteiger partial charge in [0.1, 0.15) is 5.67 Å². The summed E-state index contributed by atoms with van der Waals surface area (Å²) in [6.07, 6.45) is 8.74. The van der Waals surface area contributed by atoms with Crippen molar-refractivity contribution in [2.45, 2.75) is 65.1 Å². The van der Waals surface area contributed by atoms with Crippen LogP contribution in [0.1, 0.15) is 58.4 Å². The fourth-order valence-corrected chi connectivity index (χ4v) is 5.88. The maximum Gasteiger partial charge on any atom is 0.279 e. The van der Waals surface area contributed by atoms with Crippen LogP contribution in [0, 0.1) is 5.92 Å². The Labute approximate surface area is 256 Å². The number of hydrogen-bond acceptors (Lipinski definition) is 7. The number of ether oxygens (including phenoxy) is 1. The molecular formula is C34H48FN5O3. The molecule has 0 radical (unpaired) electrons. The highest BCUT2D eigenvalue weighted by Gasteiger charge is 2.34. The van der Waals surface area contributed by atoms with E-state index in [1.165, 1.54) is 0 Å². The van der Waals surface area contributed by atoms with E-state index in [1.807, 2.05) is 51.1 Å². The van der Waals surface area contributed by atoms with Crippen LogP contribution in [0.4, 0.5) is 15.8 Å². The predicted molar refractivity (Wildman–Crippen MR) is 173 cm³/mol. The molecule has 1 aromatic rings. The molecule has 3 aliphatic heterocycles. The van der Waals surface area contributed by atoms with Crippen molar-refractivity contribution >= 4 is 23.2 Å². The van der Waals surface area contributed by atoms with Crippen LogP contribution in [0.25, 0.3) is 0 Å². The summed E-state index contributed by atoms with van der Waals surface area (Å²) in [6.45, 7) is 13.0. The molecule has 43 heavy (non-hydrogen) atoms. The molecule has 0 aromatic heterocycles. The van der Waals surface area contributed by atoms with E-state index in [1.54, 1.807) is 6.08 Å². The molecule has 1 atom stereocenters. The molecule has 1 saturated heterocycles. The van der Waals surface area contributed by atoms with Crippen LogP contribution in [-0.2, 0) is 16.1 Å². The minimum absolute atomic E-state index is 0.305. The van der Waals surface area contributed by atoms with Gasteiger partial charge < -0.3 is 25.0 Å². The number of benzene rings is 1. The lowest BCUT2D eigenvalue weighted by atomic mass is 9.94. The maximum atomic E-state index is 14.5. The molecule has 234 valence electrons. The number of hydrogen-bond donors (Lipinski definition) is 2. The van der Waals surface area contributed by atoms with Gasteiger partial charge in [0.15, 0.2) is 5.88 Å². The van der Waals surface area contributed by atoms with Crippen molar-refractivity contribution in [2.24, 2.45) is 10.9 Å². The number of alkyl halides is 1. The number of rotatable bonds is 6. The van der Waals surface area contributed by atoms with Crippen LogP contribution in [0.2, 0.25) is 0 Å². The number of guanidine groups is 1. The van der Waals surface area contributed by atoms with Crippen LogP contribution in [0.15, 0.2) is 70.6 Å². The number of aliphatic hydroxyl groups excluding tert-OH is 1. The van der Waals surface area contributed by atoms with Gasteiger partial charge in [-0.25, -0.2) is 4.39 Å². The SMILES string of the molecule is C=CC1=C(\N(C)C)OCCCC(C)CN2/C(=N/C(=O)C(=C/CC)/C=C/1C)Nc1ccc(CN3CCC(F)(CO)CC3)cc12. The smallest absolute Gasteiger partial charge is 0.279 e. The Morgan fingerprint density at radius 3 is 2.70 bits per heavy atom. The summed E-state index contributed by atoms with van der Waals surface area (Å²) >= 11 is 0. The van der Waals surface area contributed by atoms with Crippen molar-refractivity contribution in [3.05, 3.63) is 71.2 Å². The summed E-state index contributed by atoms with van der Waals surface area (Å²) in [5.41, 5.74) is 3.78. The van der Waals surface area contributed by atoms with E-state index in [2.05, 4.69) is 45.7 Å². The third kappa shape index (κ3) is 7.95. The van der Waals surface area contributed by atoms with Crippen LogP contribution in [-0.4, -0.2) is 79.4 Å². The Kier molecular flexibility index (Phi) is 10.8. The van der Waals surface area contributed by atoms with Crippen LogP contribution >= 0.6 is 0 Å². The average Bonchev–Trinajstić information content (AvgIpc) is 3.30. The number of nitrogens with one attached hydrogen (secondary N) is 1. The van der Waals surface area contributed by atoms with E-state index in [9.17, 15) is 14.3 Å². The molecule has 2 N–H and O–H groups in total. The van der Waals surface area contributed by atoms with E-state index >= 15 is 0 Å². The molecule has 4 rings (SSSR count). The van der Waals surface area contributed by atoms with Crippen molar-refractivity contribution in [1.82, 2.24) is 9.80 Å². The maximum absolute atomic E-state index is 14.5. The fourth-order valence-electron chi connectivity index (χ4n) is 5.88. The van der Waals surface area contributed by atoms with Crippen molar-refractivity contribution < 1.29 is 19.0 Å². The second-order valence-corrected chi connectivity index (χ2v) is 12.2. The van der Waals surface area contributed by atoms with Crippen molar-refractivity contribution in [2.75, 3.05) is 57.2 Å². The van der Waals surface area contributed by atoms with Gasteiger partial charge >= 0.3 is 0 Å². The van der Waals surface area contributed by atoms with Crippen LogP contribution in [0.5, 0.6) is 0 Å². The molecule has 1 unspecified atom stereocenters. The molecule has 1 aromatic carbocycles. The first-order chi connectivity index (χ1) is 20.6. The molecule has 0 spiro atoms. The molecular weight excluding hydrogens is 545 g/mol. The van der Waals surface area contributed by atoms with Crippen LogP contribution in [0.3, 0.4) is 0 Å². The highest BCUT2D eigenvalue weighted by molar-refractivity contribution is 6.19. The first-order valence-corrected chi connectivity index (χ1v) is 15.5. The van der Waals surface area contributed by atoms with E-state index in [4.69, 9.17) is 4.74 Å². The molecule has 0 bridgehead atoms. The molecule has 8 nitrogen and oxygen atoms in total. The van der Waals surface area contributed by atoms with Gasteiger partial charge in [-0.2, -0.15) is 4.99 Å². The summed E-state index contributed by atoms with van der Waals surface area (Å²) < 4.78 is 20.8. The standard InChI is InChI=1S/C34H48FN5O3/c1-7-10-27-19-25(4)28(8-2)32(38(5)6)43-18-9-11-24(3)21-40-30-20-26(12-13-29(30)36-33(40)37-31(27)42)22-39-16-14-34(35,23-41)15-17-39/h8,10,12-13,19-20,24,41H,2,7,9,11,14-18,21-23H2,1,3-6H3,(H,36,37,42)/b25-19+,27-10+,32-28+. The molecule has 0 saturated carbocycles. The Hall–Kier alpha value is -3.43. The van der Waals surface area contributed by atoms with E-state index in [0.717, 1.165) is 46.8 Å². The van der Waals surface area contributed by atoms with Gasteiger partial charge in [-0.3, -0.25) is 9.69 Å². The first kappa shape index (κ1) is 32.5. The summed E-state index contributed by atoms with van der Waals surface area (Å²) in [5, 5.41) is 12.8. The zero-order chi connectivity index (χ0) is 31.1. The number of likely N-dealkylation sites (tertiary alicyclic amines) is 1. The lowest BCUT2D eigenvalue weighted by Gasteiger charge is -2.35. The second kappa shape index (κ2) is 14.4. The molecule has 9 heteroatoms. The number of halogens is 1. The second-order valence-electron chi connectivity index (χ2n) is 12.2. The average molecular weight is 594 g/mol. The van der Waals surface area contributed by atoms with Gasteiger partial charge in [-0.15, -0.1) is 0 Å².